The Morgan fingerprint density at radius 2 is 1.74 bits per heavy atom. The van der Waals surface area contributed by atoms with Gasteiger partial charge in [0.2, 0.25) is 0 Å². The number of hydrogen-bond donors (Lipinski definition) is 0. The number of nitrogens with zero attached hydrogens (tertiary/aromatic N) is 3. The Hall–Kier alpha value is -2.90. The van der Waals surface area contributed by atoms with E-state index in [-0.39, 0.29) is 5.82 Å². The fraction of sp³-hybridized carbons (Fsp3) is 0.261. The molecule has 0 bridgehead atoms. The molecule has 1 aliphatic heterocycles. The maximum absolute atomic E-state index is 13.5. The van der Waals surface area contributed by atoms with E-state index in [2.05, 4.69) is 28.2 Å². The molecule has 1 fully saturated rings. The van der Waals surface area contributed by atoms with E-state index in [0.717, 1.165) is 60.9 Å². The first-order chi connectivity index (χ1) is 13.3. The third-order valence-corrected chi connectivity index (χ3v) is 5.22. The van der Waals surface area contributed by atoms with Gasteiger partial charge in [0.15, 0.2) is 0 Å². The van der Waals surface area contributed by atoms with E-state index in [1.54, 1.807) is 12.1 Å². The van der Waals surface area contributed by atoms with E-state index < -0.39 is 0 Å². The summed E-state index contributed by atoms with van der Waals surface area (Å²) in [6, 6.07) is 21.2. The van der Waals surface area contributed by atoms with Gasteiger partial charge >= 0.3 is 0 Å². The van der Waals surface area contributed by atoms with Gasteiger partial charge in [0.1, 0.15) is 5.82 Å². The Morgan fingerprint density at radius 3 is 2.56 bits per heavy atom. The summed E-state index contributed by atoms with van der Waals surface area (Å²) in [5, 5.41) is 16.2. The monoisotopic (exact) mass is 359 g/mol. The summed E-state index contributed by atoms with van der Waals surface area (Å²) < 4.78 is 13.5. The number of hydrogen-bond acceptors (Lipinski definition) is 3. The molecule has 0 amide bonds. The Bertz CT molecular complexity index is 992. The van der Waals surface area contributed by atoms with Gasteiger partial charge in [-0.1, -0.05) is 36.4 Å². The predicted molar refractivity (Wildman–Crippen MR) is 107 cm³/mol. The smallest absolute Gasteiger partial charge is 0.123 e. The molecule has 1 heterocycles. The maximum Gasteiger partial charge on any atom is 0.123 e. The highest BCUT2D eigenvalue weighted by Gasteiger charge is 2.22. The fourth-order valence-electron chi connectivity index (χ4n) is 3.88. The third-order valence-electron chi connectivity index (χ3n) is 5.22. The molecule has 0 radical (unpaired) electrons. The van der Waals surface area contributed by atoms with Crippen LogP contribution in [0.4, 0.5) is 10.1 Å². The number of fused-ring (bicyclic) bond motifs is 1. The van der Waals surface area contributed by atoms with Crippen molar-refractivity contribution in [1.29, 1.82) is 5.26 Å². The second kappa shape index (κ2) is 7.77. The number of nitriles is 1. The lowest BCUT2D eigenvalue weighted by Gasteiger charge is -2.41. The van der Waals surface area contributed by atoms with E-state index in [9.17, 15) is 9.65 Å². The van der Waals surface area contributed by atoms with Crippen LogP contribution < -0.4 is 5.01 Å². The number of rotatable bonds is 4. The van der Waals surface area contributed by atoms with E-state index in [0.29, 0.717) is 5.56 Å². The summed E-state index contributed by atoms with van der Waals surface area (Å²) in [5.41, 5.74) is 2.87. The van der Waals surface area contributed by atoms with Crippen LogP contribution in [-0.2, 0) is 6.42 Å². The number of hydrazine groups is 1. The molecule has 0 N–H and O–H groups in total. The standard InChI is InChI=1S/C23H22FN3/c24-20-7-5-6-18(16-20)12-15-26-13-3-4-14-27(26)23-11-10-19(17-25)21-8-1-2-9-22(21)23/h1-2,5-11,16H,3-4,12-15H2. The van der Waals surface area contributed by atoms with E-state index >= 15 is 0 Å². The van der Waals surface area contributed by atoms with Crippen LogP contribution >= 0.6 is 0 Å². The molecule has 0 aliphatic carbocycles. The third kappa shape index (κ3) is 3.65. The first-order valence-electron chi connectivity index (χ1n) is 9.45. The molecule has 3 aromatic carbocycles. The molecule has 0 aromatic heterocycles. The lowest BCUT2D eigenvalue weighted by atomic mass is 10.0. The van der Waals surface area contributed by atoms with E-state index in [4.69, 9.17) is 0 Å². The SMILES string of the molecule is N#Cc1ccc(N2CCCCN2CCc2cccc(F)c2)c2ccccc12. The predicted octanol–water partition coefficient (Wildman–Crippen LogP) is 4.91. The van der Waals surface area contributed by atoms with Gasteiger partial charge in [-0.05, 0) is 49.1 Å². The van der Waals surface area contributed by atoms with Crippen LogP contribution in [0, 0.1) is 17.1 Å². The second-order valence-corrected chi connectivity index (χ2v) is 6.95. The molecule has 4 heteroatoms. The van der Waals surface area contributed by atoms with Crippen molar-refractivity contribution in [2.24, 2.45) is 0 Å². The van der Waals surface area contributed by atoms with Crippen LogP contribution in [0.5, 0.6) is 0 Å². The molecule has 3 aromatic rings. The van der Waals surface area contributed by atoms with Gasteiger partial charge in [-0.25, -0.2) is 9.40 Å². The molecule has 4 rings (SSSR count). The van der Waals surface area contributed by atoms with Gasteiger partial charge in [-0.3, -0.25) is 0 Å². The second-order valence-electron chi connectivity index (χ2n) is 6.95. The van der Waals surface area contributed by atoms with E-state index in [1.807, 2.05) is 30.3 Å². The quantitative estimate of drug-likeness (QED) is 0.663. The Morgan fingerprint density at radius 1 is 0.926 bits per heavy atom. The van der Waals surface area contributed by atoms with Crippen LogP contribution in [0.2, 0.25) is 0 Å². The molecular formula is C23H22FN3. The normalized spacial score (nSPS) is 15.0. The average molecular weight is 359 g/mol. The number of halogens is 1. The average Bonchev–Trinajstić information content (AvgIpc) is 2.72. The Balaban J connectivity index is 1.63. The van der Waals surface area contributed by atoms with Crippen molar-refractivity contribution in [2.45, 2.75) is 19.3 Å². The highest BCUT2D eigenvalue weighted by molar-refractivity contribution is 5.97. The van der Waals surface area contributed by atoms with Crippen molar-refractivity contribution >= 4 is 16.5 Å². The first kappa shape index (κ1) is 17.5. The maximum atomic E-state index is 13.5. The van der Waals surface area contributed by atoms with Gasteiger partial charge < -0.3 is 5.01 Å². The molecular weight excluding hydrogens is 337 g/mol. The topological polar surface area (TPSA) is 30.3 Å². The molecule has 3 nitrogen and oxygen atoms in total. The minimum atomic E-state index is -0.180. The zero-order valence-corrected chi connectivity index (χ0v) is 15.2. The summed E-state index contributed by atoms with van der Waals surface area (Å²) in [4.78, 5) is 0. The lowest BCUT2D eigenvalue weighted by molar-refractivity contribution is 0.215. The first-order valence-corrected chi connectivity index (χ1v) is 9.45. The van der Waals surface area contributed by atoms with Crippen LogP contribution in [0.25, 0.3) is 10.8 Å². The fourth-order valence-corrected chi connectivity index (χ4v) is 3.88. The van der Waals surface area contributed by atoms with Crippen molar-refractivity contribution in [3.63, 3.8) is 0 Å². The summed E-state index contributed by atoms with van der Waals surface area (Å²) in [5.74, 6) is -0.180. The van der Waals surface area contributed by atoms with Crippen LogP contribution in [0.1, 0.15) is 24.0 Å². The molecule has 0 atom stereocenters. The highest BCUT2D eigenvalue weighted by Crippen LogP contribution is 2.32. The van der Waals surface area contributed by atoms with Gasteiger partial charge in [0.05, 0.1) is 17.3 Å². The molecule has 0 saturated carbocycles. The summed E-state index contributed by atoms with van der Waals surface area (Å²) in [6.07, 6.45) is 3.11. The van der Waals surface area contributed by atoms with Gasteiger partial charge in [-0.15, -0.1) is 0 Å². The molecule has 27 heavy (non-hydrogen) atoms. The molecule has 136 valence electrons. The zero-order valence-electron chi connectivity index (χ0n) is 15.2. The Labute approximate surface area is 159 Å². The minimum absolute atomic E-state index is 0.180. The van der Waals surface area contributed by atoms with Crippen molar-refractivity contribution in [3.8, 4) is 6.07 Å². The largest absolute Gasteiger partial charge is 0.305 e. The summed E-state index contributed by atoms with van der Waals surface area (Å²) >= 11 is 0. The zero-order chi connectivity index (χ0) is 18.6. The van der Waals surface area contributed by atoms with Crippen molar-refractivity contribution < 1.29 is 4.39 Å². The minimum Gasteiger partial charge on any atom is -0.305 e. The van der Waals surface area contributed by atoms with Crippen molar-refractivity contribution in [2.75, 3.05) is 24.6 Å². The highest BCUT2D eigenvalue weighted by atomic mass is 19.1. The molecule has 1 aliphatic rings. The van der Waals surface area contributed by atoms with Gasteiger partial charge in [-0.2, -0.15) is 5.26 Å². The van der Waals surface area contributed by atoms with Crippen LogP contribution in [-0.4, -0.2) is 24.6 Å². The summed E-state index contributed by atoms with van der Waals surface area (Å²) in [7, 11) is 0. The van der Waals surface area contributed by atoms with E-state index in [1.165, 1.54) is 6.07 Å². The molecule has 0 unspecified atom stereocenters. The Kier molecular flexibility index (Phi) is 5.04. The van der Waals surface area contributed by atoms with Gasteiger partial charge in [0, 0.05) is 30.4 Å². The molecule has 1 saturated heterocycles. The van der Waals surface area contributed by atoms with Crippen LogP contribution in [0.3, 0.4) is 0 Å². The van der Waals surface area contributed by atoms with Gasteiger partial charge in [0.25, 0.3) is 0 Å². The summed E-state index contributed by atoms with van der Waals surface area (Å²) in [6.45, 7) is 2.79. The van der Waals surface area contributed by atoms with Crippen molar-refractivity contribution in [3.05, 3.63) is 77.6 Å². The number of benzene rings is 3. The van der Waals surface area contributed by atoms with Crippen molar-refractivity contribution in [1.82, 2.24) is 5.01 Å². The molecule has 0 spiro atoms. The van der Waals surface area contributed by atoms with Crippen LogP contribution in [0.15, 0.2) is 60.7 Å². The lowest BCUT2D eigenvalue weighted by Crippen LogP contribution is -2.48. The number of anilines is 1.